The van der Waals surface area contributed by atoms with Crippen LogP contribution in [0, 0.1) is 5.82 Å². The quantitative estimate of drug-likeness (QED) is 0.700. The van der Waals surface area contributed by atoms with Crippen molar-refractivity contribution in [3.63, 3.8) is 0 Å². The number of benzene rings is 3. The number of hydrogen-bond donors (Lipinski definition) is 1. The van der Waals surface area contributed by atoms with Crippen LogP contribution < -0.4 is 5.32 Å². The molecule has 0 saturated heterocycles. The lowest BCUT2D eigenvalue weighted by molar-refractivity contribution is 0.618. The van der Waals surface area contributed by atoms with E-state index in [1.165, 1.54) is 22.4 Å². The van der Waals surface area contributed by atoms with Gasteiger partial charge < -0.3 is 5.32 Å². The van der Waals surface area contributed by atoms with Crippen LogP contribution >= 0.6 is 15.9 Å². The summed E-state index contributed by atoms with van der Waals surface area (Å²) in [6.07, 6.45) is 0. The average molecular weight is 344 g/mol. The Labute approximate surface area is 131 Å². The molecule has 0 fully saturated rings. The molecule has 21 heavy (non-hydrogen) atoms. The normalized spacial score (nSPS) is 11.0. The SMILES string of the molecule is Fc1ccc(CNCc2cccc3ccccc23)cc1Br. The Bertz CT molecular complexity index is 765. The molecule has 0 heterocycles. The van der Waals surface area contributed by atoms with Crippen molar-refractivity contribution in [3.8, 4) is 0 Å². The molecule has 3 aromatic carbocycles. The van der Waals surface area contributed by atoms with E-state index in [1.54, 1.807) is 6.07 Å². The molecule has 0 bridgehead atoms. The highest BCUT2D eigenvalue weighted by Crippen LogP contribution is 2.19. The fourth-order valence-corrected chi connectivity index (χ4v) is 2.86. The van der Waals surface area contributed by atoms with E-state index in [-0.39, 0.29) is 5.82 Å². The molecule has 3 heteroatoms. The maximum Gasteiger partial charge on any atom is 0.137 e. The van der Waals surface area contributed by atoms with Crippen molar-refractivity contribution in [1.82, 2.24) is 5.32 Å². The van der Waals surface area contributed by atoms with E-state index >= 15 is 0 Å². The van der Waals surface area contributed by atoms with Crippen LogP contribution in [0.25, 0.3) is 10.8 Å². The van der Waals surface area contributed by atoms with Crippen LogP contribution in [0.15, 0.2) is 65.1 Å². The van der Waals surface area contributed by atoms with Crippen LogP contribution in [0.2, 0.25) is 0 Å². The molecule has 0 atom stereocenters. The van der Waals surface area contributed by atoms with Crippen LogP contribution in [0.1, 0.15) is 11.1 Å². The molecular weight excluding hydrogens is 329 g/mol. The largest absolute Gasteiger partial charge is 0.309 e. The minimum absolute atomic E-state index is 0.229. The lowest BCUT2D eigenvalue weighted by atomic mass is 10.0. The lowest BCUT2D eigenvalue weighted by Gasteiger charge is -2.09. The van der Waals surface area contributed by atoms with Crippen LogP contribution in [-0.2, 0) is 13.1 Å². The van der Waals surface area contributed by atoms with Crippen molar-refractivity contribution in [2.24, 2.45) is 0 Å². The van der Waals surface area contributed by atoms with Crippen molar-refractivity contribution in [2.45, 2.75) is 13.1 Å². The molecule has 1 N–H and O–H groups in total. The van der Waals surface area contributed by atoms with Gasteiger partial charge in [-0.05, 0) is 50.0 Å². The number of hydrogen-bond acceptors (Lipinski definition) is 1. The van der Waals surface area contributed by atoms with Crippen LogP contribution in [0.4, 0.5) is 4.39 Å². The van der Waals surface area contributed by atoms with Gasteiger partial charge >= 0.3 is 0 Å². The first kappa shape index (κ1) is 14.2. The van der Waals surface area contributed by atoms with E-state index in [9.17, 15) is 4.39 Å². The van der Waals surface area contributed by atoms with Gasteiger partial charge in [0.15, 0.2) is 0 Å². The number of halogens is 2. The molecule has 0 amide bonds. The molecule has 106 valence electrons. The van der Waals surface area contributed by atoms with Gasteiger partial charge in [0.1, 0.15) is 5.82 Å². The summed E-state index contributed by atoms with van der Waals surface area (Å²) in [5, 5.41) is 5.94. The highest BCUT2D eigenvalue weighted by Gasteiger charge is 2.02. The van der Waals surface area contributed by atoms with Gasteiger partial charge in [-0.25, -0.2) is 4.39 Å². The van der Waals surface area contributed by atoms with E-state index in [1.807, 2.05) is 6.07 Å². The standard InChI is InChI=1S/C18H15BrFN/c19-17-10-13(8-9-18(17)20)11-21-12-15-6-3-5-14-4-1-2-7-16(14)15/h1-10,21H,11-12H2. The van der Waals surface area contributed by atoms with Crippen LogP contribution in [0.3, 0.4) is 0 Å². The molecule has 0 aromatic heterocycles. The minimum Gasteiger partial charge on any atom is -0.309 e. The highest BCUT2D eigenvalue weighted by atomic mass is 79.9. The fraction of sp³-hybridized carbons (Fsp3) is 0.111. The van der Waals surface area contributed by atoms with Gasteiger partial charge in [-0.1, -0.05) is 48.5 Å². The Morgan fingerprint density at radius 3 is 2.57 bits per heavy atom. The first-order valence-corrected chi connectivity index (χ1v) is 7.64. The Morgan fingerprint density at radius 1 is 0.905 bits per heavy atom. The third kappa shape index (κ3) is 3.31. The van der Waals surface area contributed by atoms with Gasteiger partial charge in [-0.15, -0.1) is 0 Å². The second kappa shape index (κ2) is 6.37. The zero-order valence-corrected chi connectivity index (χ0v) is 13.0. The zero-order valence-electron chi connectivity index (χ0n) is 11.4. The zero-order chi connectivity index (χ0) is 14.7. The summed E-state index contributed by atoms with van der Waals surface area (Å²) in [6, 6.07) is 19.8. The maximum absolute atomic E-state index is 13.2. The van der Waals surface area contributed by atoms with Crippen molar-refractivity contribution in [3.05, 3.63) is 82.1 Å². The third-order valence-electron chi connectivity index (χ3n) is 3.51. The smallest absolute Gasteiger partial charge is 0.137 e. The second-order valence-electron chi connectivity index (χ2n) is 4.99. The first-order chi connectivity index (χ1) is 10.2. The predicted molar refractivity (Wildman–Crippen MR) is 88.6 cm³/mol. The maximum atomic E-state index is 13.2. The minimum atomic E-state index is -0.229. The number of rotatable bonds is 4. The molecule has 0 aliphatic carbocycles. The molecule has 1 nitrogen and oxygen atoms in total. The molecule has 0 spiro atoms. The molecule has 0 unspecified atom stereocenters. The Kier molecular flexibility index (Phi) is 4.32. The van der Waals surface area contributed by atoms with Crippen molar-refractivity contribution in [1.29, 1.82) is 0 Å². The van der Waals surface area contributed by atoms with Gasteiger partial charge in [0.25, 0.3) is 0 Å². The van der Waals surface area contributed by atoms with Crippen LogP contribution in [0.5, 0.6) is 0 Å². The summed E-state index contributed by atoms with van der Waals surface area (Å²) in [6.45, 7) is 1.50. The molecular formula is C18H15BrFN. The lowest BCUT2D eigenvalue weighted by Crippen LogP contribution is -2.13. The highest BCUT2D eigenvalue weighted by molar-refractivity contribution is 9.10. The Hall–Kier alpha value is -1.71. The summed E-state index contributed by atoms with van der Waals surface area (Å²) in [7, 11) is 0. The van der Waals surface area contributed by atoms with E-state index in [0.717, 1.165) is 12.1 Å². The number of fused-ring (bicyclic) bond motifs is 1. The molecule has 0 saturated carbocycles. The summed E-state index contributed by atoms with van der Waals surface area (Å²) in [5.74, 6) is -0.229. The Balaban J connectivity index is 1.70. The fourth-order valence-electron chi connectivity index (χ4n) is 2.44. The van der Waals surface area contributed by atoms with E-state index in [4.69, 9.17) is 0 Å². The molecule has 0 aliphatic rings. The summed E-state index contributed by atoms with van der Waals surface area (Å²) < 4.78 is 13.7. The summed E-state index contributed by atoms with van der Waals surface area (Å²) in [5.41, 5.74) is 2.33. The second-order valence-corrected chi connectivity index (χ2v) is 5.84. The van der Waals surface area contributed by atoms with E-state index < -0.39 is 0 Å². The summed E-state index contributed by atoms with van der Waals surface area (Å²) >= 11 is 3.21. The first-order valence-electron chi connectivity index (χ1n) is 6.85. The topological polar surface area (TPSA) is 12.0 Å². The molecule has 0 radical (unpaired) electrons. The van der Waals surface area contributed by atoms with Gasteiger partial charge in [0.05, 0.1) is 4.47 Å². The van der Waals surface area contributed by atoms with Crippen molar-refractivity contribution in [2.75, 3.05) is 0 Å². The predicted octanol–water partition coefficient (Wildman–Crippen LogP) is 5.03. The van der Waals surface area contributed by atoms with Gasteiger partial charge in [-0.2, -0.15) is 0 Å². The van der Waals surface area contributed by atoms with Crippen LogP contribution in [-0.4, -0.2) is 0 Å². The monoisotopic (exact) mass is 343 g/mol. The molecule has 3 rings (SSSR count). The number of nitrogens with one attached hydrogen (secondary N) is 1. The van der Waals surface area contributed by atoms with Gasteiger partial charge in [0, 0.05) is 13.1 Å². The van der Waals surface area contributed by atoms with Gasteiger partial charge in [-0.3, -0.25) is 0 Å². The average Bonchev–Trinajstić information content (AvgIpc) is 2.51. The van der Waals surface area contributed by atoms with Crippen molar-refractivity contribution < 1.29 is 4.39 Å². The molecule has 3 aromatic rings. The molecule has 0 aliphatic heterocycles. The van der Waals surface area contributed by atoms with E-state index in [2.05, 4.69) is 63.7 Å². The van der Waals surface area contributed by atoms with Crippen molar-refractivity contribution >= 4 is 26.7 Å². The third-order valence-corrected chi connectivity index (χ3v) is 4.12. The Morgan fingerprint density at radius 2 is 1.71 bits per heavy atom. The van der Waals surface area contributed by atoms with Gasteiger partial charge in [0.2, 0.25) is 0 Å². The summed E-state index contributed by atoms with van der Waals surface area (Å²) in [4.78, 5) is 0. The van der Waals surface area contributed by atoms with E-state index in [0.29, 0.717) is 11.0 Å².